The summed E-state index contributed by atoms with van der Waals surface area (Å²) in [5.41, 5.74) is 0.845. The molecule has 1 saturated heterocycles. The van der Waals surface area contributed by atoms with Crippen LogP contribution >= 0.6 is 23.4 Å². The second-order valence-electron chi connectivity index (χ2n) is 5.60. The van der Waals surface area contributed by atoms with Crippen molar-refractivity contribution in [3.8, 4) is 0 Å². The topological polar surface area (TPSA) is 58.6 Å². The van der Waals surface area contributed by atoms with E-state index in [-0.39, 0.29) is 23.8 Å². The molecule has 132 valence electrons. The maximum atomic E-state index is 12.5. The van der Waals surface area contributed by atoms with Gasteiger partial charge in [-0.05, 0) is 12.5 Å². The number of nitrogens with zero attached hydrogens (tertiary/aromatic N) is 1. The predicted molar refractivity (Wildman–Crippen MR) is 97.1 cm³/mol. The van der Waals surface area contributed by atoms with E-state index >= 15 is 0 Å². The van der Waals surface area contributed by atoms with Gasteiger partial charge in [-0.2, -0.15) is 0 Å². The summed E-state index contributed by atoms with van der Waals surface area (Å²) >= 11 is 7.85. The first kappa shape index (κ1) is 19.1. The normalized spacial score (nSPS) is 20.2. The standard InChI is InChI=1S/C17H23ClN2O3S/c1-3-4-9-19-16(22)14-11-24-17(20(14)15(21)10-23-2)12-7-5-6-8-13(12)18/h5-8,14,17H,3-4,9-11H2,1-2H3,(H,19,22)/t14-,17-/m1/s1. The molecule has 2 amide bonds. The first-order chi connectivity index (χ1) is 11.6. The highest BCUT2D eigenvalue weighted by Crippen LogP contribution is 2.43. The molecule has 1 aliphatic rings. The summed E-state index contributed by atoms with van der Waals surface area (Å²) < 4.78 is 4.99. The Kier molecular flexibility index (Phi) is 7.40. The van der Waals surface area contributed by atoms with Crippen LogP contribution in [0.3, 0.4) is 0 Å². The van der Waals surface area contributed by atoms with E-state index in [9.17, 15) is 9.59 Å². The molecule has 0 saturated carbocycles. The van der Waals surface area contributed by atoms with E-state index in [0.717, 1.165) is 18.4 Å². The number of ether oxygens (including phenoxy) is 1. The Morgan fingerprint density at radius 1 is 1.42 bits per heavy atom. The average Bonchev–Trinajstić information content (AvgIpc) is 3.00. The summed E-state index contributed by atoms with van der Waals surface area (Å²) in [7, 11) is 1.47. The summed E-state index contributed by atoms with van der Waals surface area (Å²) in [6.07, 6.45) is 1.93. The second kappa shape index (κ2) is 9.30. The summed E-state index contributed by atoms with van der Waals surface area (Å²) in [5.74, 6) is 0.224. The highest BCUT2D eigenvalue weighted by atomic mass is 35.5. The second-order valence-corrected chi connectivity index (χ2v) is 7.12. The molecule has 1 aliphatic heterocycles. The minimum absolute atomic E-state index is 0.0553. The van der Waals surface area contributed by atoms with Crippen molar-refractivity contribution in [2.45, 2.75) is 31.2 Å². The molecular weight excluding hydrogens is 348 g/mol. The van der Waals surface area contributed by atoms with Gasteiger partial charge in [-0.15, -0.1) is 11.8 Å². The number of rotatable bonds is 7. The number of carbonyl (C=O) groups is 2. The van der Waals surface area contributed by atoms with Crippen LogP contribution in [0.1, 0.15) is 30.7 Å². The summed E-state index contributed by atoms with van der Waals surface area (Å²) in [4.78, 5) is 26.7. The number of halogens is 1. The molecule has 1 N–H and O–H groups in total. The molecule has 0 spiro atoms. The van der Waals surface area contributed by atoms with Gasteiger partial charge in [-0.1, -0.05) is 43.1 Å². The van der Waals surface area contributed by atoms with Crippen molar-refractivity contribution in [2.24, 2.45) is 0 Å². The van der Waals surface area contributed by atoms with E-state index < -0.39 is 6.04 Å². The largest absolute Gasteiger partial charge is 0.375 e. The fourth-order valence-corrected chi connectivity index (χ4v) is 4.42. The summed E-state index contributed by atoms with van der Waals surface area (Å²) in [6, 6.07) is 6.92. The summed E-state index contributed by atoms with van der Waals surface area (Å²) in [6.45, 7) is 2.64. The van der Waals surface area contributed by atoms with Gasteiger partial charge in [-0.3, -0.25) is 9.59 Å². The van der Waals surface area contributed by atoms with E-state index in [1.807, 2.05) is 18.2 Å². The zero-order valence-electron chi connectivity index (χ0n) is 14.0. The van der Waals surface area contributed by atoms with Crippen molar-refractivity contribution in [3.63, 3.8) is 0 Å². The fraction of sp³-hybridized carbons (Fsp3) is 0.529. The minimum atomic E-state index is -0.504. The van der Waals surface area contributed by atoms with Crippen molar-refractivity contribution in [1.29, 1.82) is 0 Å². The summed E-state index contributed by atoms with van der Waals surface area (Å²) in [5, 5.41) is 3.24. The number of methoxy groups -OCH3 is 1. The Labute approximate surface area is 152 Å². The number of hydrogen-bond acceptors (Lipinski definition) is 4. The maximum absolute atomic E-state index is 12.5. The molecule has 1 fully saturated rings. The van der Waals surface area contributed by atoms with Gasteiger partial charge in [0.25, 0.3) is 0 Å². The van der Waals surface area contributed by atoms with Crippen molar-refractivity contribution in [2.75, 3.05) is 26.0 Å². The Bertz CT molecular complexity index is 585. The molecule has 2 atom stereocenters. The minimum Gasteiger partial charge on any atom is -0.375 e. The van der Waals surface area contributed by atoms with Gasteiger partial charge >= 0.3 is 0 Å². The Hall–Kier alpha value is -1.24. The zero-order valence-corrected chi connectivity index (χ0v) is 15.5. The average molecular weight is 371 g/mol. The van der Waals surface area contributed by atoms with Gasteiger partial charge in [-0.25, -0.2) is 0 Å². The monoisotopic (exact) mass is 370 g/mol. The fourth-order valence-electron chi connectivity index (χ4n) is 2.63. The first-order valence-electron chi connectivity index (χ1n) is 8.04. The smallest absolute Gasteiger partial charge is 0.250 e. The number of thioether (sulfide) groups is 1. The van der Waals surface area contributed by atoms with Gasteiger partial charge < -0.3 is 15.0 Å². The molecule has 1 heterocycles. The van der Waals surface area contributed by atoms with Crippen molar-refractivity contribution < 1.29 is 14.3 Å². The number of carbonyl (C=O) groups excluding carboxylic acids is 2. The van der Waals surface area contributed by atoms with Crippen LogP contribution in [-0.2, 0) is 14.3 Å². The van der Waals surface area contributed by atoms with Gasteiger partial charge in [0, 0.05) is 30.0 Å². The van der Waals surface area contributed by atoms with Crippen LogP contribution in [0.2, 0.25) is 5.02 Å². The van der Waals surface area contributed by atoms with Gasteiger partial charge in [0.05, 0.1) is 0 Å². The third kappa shape index (κ3) is 4.43. The molecule has 7 heteroatoms. The molecule has 0 aromatic heterocycles. The Morgan fingerprint density at radius 3 is 2.83 bits per heavy atom. The van der Waals surface area contributed by atoms with Crippen LogP contribution in [0, 0.1) is 0 Å². The molecule has 0 aliphatic carbocycles. The quantitative estimate of drug-likeness (QED) is 0.750. The van der Waals surface area contributed by atoms with Gasteiger partial charge in [0.2, 0.25) is 11.8 Å². The molecule has 0 radical (unpaired) electrons. The lowest BCUT2D eigenvalue weighted by Gasteiger charge is -2.29. The first-order valence-corrected chi connectivity index (χ1v) is 9.46. The lowest BCUT2D eigenvalue weighted by molar-refractivity contribution is -0.142. The number of unbranched alkanes of at least 4 members (excludes halogenated alkanes) is 1. The zero-order chi connectivity index (χ0) is 17.5. The van der Waals surface area contributed by atoms with E-state index in [2.05, 4.69) is 12.2 Å². The van der Waals surface area contributed by atoms with E-state index in [1.54, 1.807) is 22.7 Å². The highest BCUT2D eigenvalue weighted by Gasteiger charge is 2.42. The van der Waals surface area contributed by atoms with Gasteiger partial charge in [0.15, 0.2) is 0 Å². The van der Waals surface area contributed by atoms with Crippen LogP contribution < -0.4 is 5.32 Å². The third-order valence-electron chi connectivity index (χ3n) is 3.86. The molecule has 5 nitrogen and oxygen atoms in total. The molecular formula is C17H23ClN2O3S. The van der Waals surface area contributed by atoms with Crippen LogP contribution in [-0.4, -0.2) is 48.8 Å². The van der Waals surface area contributed by atoms with Crippen LogP contribution in [0.25, 0.3) is 0 Å². The van der Waals surface area contributed by atoms with E-state index in [1.165, 1.54) is 7.11 Å². The van der Waals surface area contributed by atoms with Crippen LogP contribution in [0.15, 0.2) is 24.3 Å². The lowest BCUT2D eigenvalue weighted by Crippen LogP contribution is -2.49. The van der Waals surface area contributed by atoms with E-state index in [4.69, 9.17) is 16.3 Å². The molecule has 1 aromatic carbocycles. The molecule has 1 aromatic rings. The lowest BCUT2D eigenvalue weighted by atomic mass is 10.1. The van der Waals surface area contributed by atoms with Crippen molar-refractivity contribution >= 4 is 35.2 Å². The van der Waals surface area contributed by atoms with Crippen LogP contribution in [0.4, 0.5) is 0 Å². The van der Waals surface area contributed by atoms with E-state index in [0.29, 0.717) is 17.3 Å². The molecule has 24 heavy (non-hydrogen) atoms. The Balaban J connectivity index is 2.21. The number of hydrogen-bond donors (Lipinski definition) is 1. The van der Waals surface area contributed by atoms with Crippen LogP contribution in [0.5, 0.6) is 0 Å². The Morgan fingerprint density at radius 2 is 2.17 bits per heavy atom. The van der Waals surface area contributed by atoms with Crippen molar-refractivity contribution in [1.82, 2.24) is 10.2 Å². The molecule has 0 bridgehead atoms. The molecule has 2 rings (SSSR count). The predicted octanol–water partition coefficient (Wildman–Crippen LogP) is 2.85. The SMILES string of the molecule is CCCCNC(=O)[C@H]1CS[C@H](c2ccccc2Cl)N1C(=O)COC. The third-order valence-corrected chi connectivity index (χ3v) is 5.51. The molecule has 0 unspecified atom stereocenters. The maximum Gasteiger partial charge on any atom is 0.250 e. The number of amides is 2. The highest BCUT2D eigenvalue weighted by molar-refractivity contribution is 7.99. The number of benzene rings is 1. The number of nitrogens with one attached hydrogen (secondary N) is 1. The van der Waals surface area contributed by atoms with Crippen molar-refractivity contribution in [3.05, 3.63) is 34.9 Å². The van der Waals surface area contributed by atoms with Gasteiger partial charge in [0.1, 0.15) is 18.0 Å².